The van der Waals surface area contributed by atoms with E-state index in [0.717, 1.165) is 17.8 Å². The van der Waals surface area contributed by atoms with E-state index in [9.17, 15) is 23.3 Å². The molecule has 1 aromatic heterocycles. The summed E-state index contributed by atoms with van der Waals surface area (Å²) in [5, 5.41) is 20.3. The maximum Gasteiger partial charge on any atom is 0.453 e. The lowest BCUT2D eigenvalue weighted by atomic mass is 10.1. The van der Waals surface area contributed by atoms with E-state index in [1.165, 1.54) is 13.2 Å². The molecule has 13 heteroatoms. The molecule has 0 bridgehead atoms. The van der Waals surface area contributed by atoms with Crippen LogP contribution in [0.3, 0.4) is 0 Å². The first-order valence-electron chi connectivity index (χ1n) is 8.53. The lowest BCUT2D eigenvalue weighted by Crippen LogP contribution is -2.12. The minimum Gasteiger partial charge on any atom is -0.493 e. The van der Waals surface area contributed by atoms with Crippen molar-refractivity contribution in [2.45, 2.75) is 12.8 Å². The summed E-state index contributed by atoms with van der Waals surface area (Å²) in [5.74, 6) is -1.47. The number of nitrogens with one attached hydrogen (secondary N) is 1. The second-order valence-electron chi connectivity index (χ2n) is 6.01. The van der Waals surface area contributed by atoms with Gasteiger partial charge in [-0.25, -0.2) is 5.10 Å². The van der Waals surface area contributed by atoms with Gasteiger partial charge in [0.05, 0.1) is 18.2 Å². The second-order valence-corrected chi connectivity index (χ2v) is 6.40. The average molecular weight is 453 g/mol. The minimum atomic E-state index is -4.80. The number of nitro benzene ring substituents is 1. The Kier molecular flexibility index (Phi) is 6.34. The number of benzene rings is 2. The van der Waals surface area contributed by atoms with Gasteiger partial charge in [0.2, 0.25) is 10.5 Å². The van der Waals surface area contributed by atoms with Gasteiger partial charge in [-0.3, -0.25) is 10.1 Å². The Morgan fingerprint density at radius 2 is 2.03 bits per heavy atom. The summed E-state index contributed by atoms with van der Waals surface area (Å²) in [6.45, 7) is 0.0462. The van der Waals surface area contributed by atoms with Gasteiger partial charge in [0, 0.05) is 11.6 Å². The van der Waals surface area contributed by atoms with E-state index in [2.05, 4.69) is 10.2 Å². The van der Waals surface area contributed by atoms with Crippen molar-refractivity contribution in [2.75, 3.05) is 7.11 Å². The van der Waals surface area contributed by atoms with Crippen LogP contribution in [0.4, 0.5) is 18.9 Å². The Balaban J connectivity index is 1.97. The van der Waals surface area contributed by atoms with E-state index in [-0.39, 0.29) is 23.7 Å². The third-order valence-corrected chi connectivity index (χ3v) is 4.19. The zero-order chi connectivity index (χ0) is 22.6. The molecule has 3 rings (SSSR count). The van der Waals surface area contributed by atoms with E-state index < -0.39 is 27.4 Å². The predicted octanol–water partition coefficient (Wildman–Crippen LogP) is 4.34. The van der Waals surface area contributed by atoms with Crippen molar-refractivity contribution in [1.82, 2.24) is 14.9 Å². The standard InChI is InChI=1S/C18H14F3N5O4S/c1-29-14-8-12(9-22-25-16(18(19,20)21)23-24-17(25)31)7-13(26(27)28)15(14)30-10-11-5-3-2-4-6-11/h2-9H,10H2,1H3,(H,24,31)/b22-9-. The molecular weight excluding hydrogens is 439 g/mol. The van der Waals surface area contributed by atoms with E-state index in [1.807, 2.05) is 11.2 Å². The highest BCUT2D eigenvalue weighted by molar-refractivity contribution is 7.71. The highest BCUT2D eigenvalue weighted by Gasteiger charge is 2.37. The van der Waals surface area contributed by atoms with Crippen LogP contribution in [0.15, 0.2) is 47.6 Å². The Labute approximate surface area is 177 Å². The first-order valence-corrected chi connectivity index (χ1v) is 8.93. The highest BCUT2D eigenvalue weighted by atomic mass is 32.1. The van der Waals surface area contributed by atoms with Crippen LogP contribution in [0.1, 0.15) is 17.0 Å². The molecule has 3 aromatic rings. The zero-order valence-electron chi connectivity index (χ0n) is 15.8. The Morgan fingerprint density at radius 1 is 1.32 bits per heavy atom. The summed E-state index contributed by atoms with van der Waals surface area (Å²) in [6.07, 6.45) is -3.83. The van der Waals surface area contributed by atoms with Crippen LogP contribution >= 0.6 is 12.2 Å². The number of alkyl halides is 3. The van der Waals surface area contributed by atoms with Gasteiger partial charge in [0.1, 0.15) is 6.61 Å². The van der Waals surface area contributed by atoms with Gasteiger partial charge in [-0.05, 0) is 23.8 Å². The summed E-state index contributed by atoms with van der Waals surface area (Å²) in [6, 6.07) is 11.4. The van der Waals surface area contributed by atoms with Crippen molar-refractivity contribution in [3.63, 3.8) is 0 Å². The maximum atomic E-state index is 13.0. The van der Waals surface area contributed by atoms with E-state index in [4.69, 9.17) is 21.7 Å². The van der Waals surface area contributed by atoms with Crippen LogP contribution in [0.5, 0.6) is 11.5 Å². The van der Waals surface area contributed by atoms with Gasteiger partial charge >= 0.3 is 11.9 Å². The van der Waals surface area contributed by atoms with Gasteiger partial charge in [0.25, 0.3) is 5.82 Å². The Hall–Kier alpha value is -3.74. The van der Waals surface area contributed by atoms with Gasteiger partial charge < -0.3 is 9.47 Å². The number of aromatic amines is 1. The van der Waals surface area contributed by atoms with Crippen molar-refractivity contribution in [3.05, 3.63) is 74.3 Å². The van der Waals surface area contributed by atoms with Crippen molar-refractivity contribution in [1.29, 1.82) is 0 Å². The molecule has 0 spiro atoms. The molecule has 0 atom stereocenters. The van der Waals surface area contributed by atoms with Crippen LogP contribution in [-0.4, -0.2) is 33.1 Å². The van der Waals surface area contributed by atoms with Crippen molar-refractivity contribution in [3.8, 4) is 11.5 Å². The summed E-state index contributed by atoms with van der Waals surface area (Å²) < 4.78 is 49.8. The molecule has 1 N–H and O–H groups in total. The van der Waals surface area contributed by atoms with Crippen LogP contribution in [0, 0.1) is 14.9 Å². The number of methoxy groups -OCH3 is 1. The minimum absolute atomic E-state index is 0.0124. The molecule has 162 valence electrons. The molecule has 0 aliphatic rings. The van der Waals surface area contributed by atoms with Crippen LogP contribution in [0.2, 0.25) is 0 Å². The van der Waals surface area contributed by atoms with E-state index in [0.29, 0.717) is 4.68 Å². The first-order chi connectivity index (χ1) is 14.7. The molecule has 0 aliphatic carbocycles. The fourth-order valence-electron chi connectivity index (χ4n) is 2.55. The van der Waals surface area contributed by atoms with Crippen molar-refractivity contribution < 1.29 is 27.6 Å². The van der Waals surface area contributed by atoms with E-state index >= 15 is 0 Å². The Bertz CT molecular complexity index is 1180. The Morgan fingerprint density at radius 3 is 2.65 bits per heavy atom. The number of hydrogen-bond acceptors (Lipinski definition) is 7. The molecule has 0 fully saturated rings. The zero-order valence-corrected chi connectivity index (χ0v) is 16.6. The number of aromatic nitrogens is 3. The van der Waals surface area contributed by atoms with Crippen LogP contribution in [-0.2, 0) is 12.8 Å². The molecule has 9 nitrogen and oxygen atoms in total. The number of nitro groups is 1. The van der Waals surface area contributed by atoms with Gasteiger partial charge in [0.15, 0.2) is 5.75 Å². The number of H-pyrrole nitrogens is 1. The van der Waals surface area contributed by atoms with E-state index in [1.54, 1.807) is 24.3 Å². The molecule has 0 amide bonds. The number of halogens is 3. The first kappa shape index (κ1) is 22.0. The third-order valence-electron chi connectivity index (χ3n) is 3.93. The lowest BCUT2D eigenvalue weighted by Gasteiger charge is -2.12. The number of hydrogen-bond donors (Lipinski definition) is 1. The molecule has 1 heterocycles. The summed E-state index contributed by atoms with van der Waals surface area (Å²) in [7, 11) is 1.28. The van der Waals surface area contributed by atoms with Crippen molar-refractivity contribution in [2.24, 2.45) is 5.10 Å². The lowest BCUT2D eigenvalue weighted by molar-refractivity contribution is -0.386. The molecular formula is C18H14F3N5O4S. The molecule has 2 aromatic carbocycles. The topological polar surface area (TPSA) is 108 Å². The summed E-state index contributed by atoms with van der Waals surface area (Å²) in [5.41, 5.74) is 0.425. The van der Waals surface area contributed by atoms with Gasteiger partial charge in [-0.15, -0.1) is 5.10 Å². The van der Waals surface area contributed by atoms with Crippen LogP contribution in [0.25, 0.3) is 0 Å². The maximum absolute atomic E-state index is 13.0. The summed E-state index contributed by atoms with van der Waals surface area (Å²) >= 11 is 4.75. The molecule has 31 heavy (non-hydrogen) atoms. The monoisotopic (exact) mass is 453 g/mol. The fourth-order valence-corrected chi connectivity index (χ4v) is 2.73. The molecule has 0 unspecified atom stereocenters. The van der Waals surface area contributed by atoms with Gasteiger partial charge in [-0.1, -0.05) is 30.3 Å². The molecule has 0 saturated carbocycles. The average Bonchev–Trinajstić information content (AvgIpc) is 3.12. The number of ether oxygens (including phenoxy) is 2. The highest BCUT2D eigenvalue weighted by Crippen LogP contribution is 2.38. The second kappa shape index (κ2) is 8.95. The van der Waals surface area contributed by atoms with Gasteiger partial charge in [-0.2, -0.15) is 22.9 Å². The molecule has 0 aliphatic heterocycles. The van der Waals surface area contributed by atoms with Crippen molar-refractivity contribution >= 4 is 24.1 Å². The molecule has 0 radical (unpaired) electrons. The normalized spacial score (nSPS) is 11.6. The third kappa shape index (κ3) is 5.06. The SMILES string of the molecule is COc1cc(/C=N\n2c(C(F)(F)F)n[nH]c2=S)cc([N+](=O)[O-])c1OCc1ccccc1. The fraction of sp³-hybridized carbons (Fsp3) is 0.167. The molecule has 0 saturated heterocycles. The smallest absolute Gasteiger partial charge is 0.453 e. The quantitative estimate of drug-likeness (QED) is 0.247. The summed E-state index contributed by atoms with van der Waals surface area (Å²) in [4.78, 5) is 10.9. The number of nitrogens with zero attached hydrogens (tertiary/aromatic N) is 4. The number of rotatable bonds is 7. The van der Waals surface area contributed by atoms with Crippen LogP contribution < -0.4 is 9.47 Å². The largest absolute Gasteiger partial charge is 0.493 e. The predicted molar refractivity (Wildman–Crippen MR) is 106 cm³/mol.